The number of nitrogens with zero attached hydrogens (tertiary/aromatic N) is 1. The van der Waals surface area contributed by atoms with Crippen LogP contribution >= 0.6 is 0 Å². The zero-order chi connectivity index (χ0) is 16.4. The molecule has 1 aliphatic heterocycles. The van der Waals surface area contributed by atoms with E-state index >= 15 is 0 Å². The van der Waals surface area contributed by atoms with Crippen LogP contribution in [0.3, 0.4) is 0 Å². The maximum absolute atomic E-state index is 11.8. The number of aromatic nitrogens is 2. The van der Waals surface area contributed by atoms with Gasteiger partial charge in [-0.3, -0.25) is 14.3 Å². The van der Waals surface area contributed by atoms with Crippen molar-refractivity contribution in [3.05, 3.63) is 38.7 Å². The third-order valence-electron chi connectivity index (χ3n) is 3.19. The first-order chi connectivity index (χ1) is 10.3. The molecule has 0 radical (unpaired) electrons. The molecule has 1 aromatic rings. The van der Waals surface area contributed by atoms with E-state index in [2.05, 4.69) is 0 Å². The molecule has 22 heavy (non-hydrogen) atoms. The molecule has 0 aliphatic carbocycles. The van der Waals surface area contributed by atoms with Gasteiger partial charge in [-0.15, -0.1) is 0 Å². The average molecular weight is 314 g/mol. The van der Waals surface area contributed by atoms with Crippen molar-refractivity contribution in [2.24, 2.45) is 0 Å². The average Bonchev–Trinajstić information content (AvgIpc) is 2.74. The number of carboxylic acids is 1. The van der Waals surface area contributed by atoms with Crippen LogP contribution in [0.1, 0.15) is 11.8 Å². The fourth-order valence-electron chi connectivity index (χ4n) is 2.08. The summed E-state index contributed by atoms with van der Waals surface area (Å²) in [5.41, 5.74) is -1.88. The standard InChI is InChI=1S/C12H14N2O8/c15-4-6-8(18)9(19)11(22-6)14-3-5(1-2-7(16)17)10(20)13-12(14)21/h1-3,6,8-9,11,15,18-19H,4H2,(H,16,17)(H,13,20,21)/t6-,8?,9+,11-/m1/s1. The summed E-state index contributed by atoms with van der Waals surface area (Å²) in [6.07, 6.45) is -2.65. The molecule has 2 heterocycles. The van der Waals surface area contributed by atoms with Crippen molar-refractivity contribution in [3.8, 4) is 0 Å². The third kappa shape index (κ3) is 2.99. The van der Waals surface area contributed by atoms with Crippen molar-refractivity contribution in [1.29, 1.82) is 0 Å². The van der Waals surface area contributed by atoms with E-state index in [1.807, 2.05) is 4.98 Å². The van der Waals surface area contributed by atoms with Gasteiger partial charge >= 0.3 is 11.7 Å². The van der Waals surface area contributed by atoms with Gasteiger partial charge in [-0.05, 0) is 6.08 Å². The summed E-state index contributed by atoms with van der Waals surface area (Å²) in [5.74, 6) is -1.29. The zero-order valence-electron chi connectivity index (χ0n) is 11.1. The molecular weight excluding hydrogens is 300 g/mol. The largest absolute Gasteiger partial charge is 0.478 e. The van der Waals surface area contributed by atoms with Crippen LogP contribution in [0, 0.1) is 0 Å². The first-order valence-electron chi connectivity index (χ1n) is 6.24. The van der Waals surface area contributed by atoms with E-state index in [0.29, 0.717) is 6.08 Å². The van der Waals surface area contributed by atoms with Crippen molar-refractivity contribution in [2.75, 3.05) is 6.61 Å². The number of nitrogens with one attached hydrogen (secondary N) is 1. The highest BCUT2D eigenvalue weighted by Crippen LogP contribution is 2.27. The quantitative estimate of drug-likeness (QED) is 0.373. The summed E-state index contributed by atoms with van der Waals surface area (Å²) in [5, 5.41) is 37.1. The highest BCUT2D eigenvalue weighted by Gasteiger charge is 2.43. The van der Waals surface area contributed by atoms with Gasteiger partial charge in [-0.25, -0.2) is 9.59 Å². The van der Waals surface area contributed by atoms with Gasteiger partial charge in [0.1, 0.15) is 18.3 Å². The number of hydrogen-bond acceptors (Lipinski definition) is 7. The number of carbonyl (C=O) groups is 1. The molecule has 2 rings (SSSR count). The minimum atomic E-state index is -1.50. The highest BCUT2D eigenvalue weighted by molar-refractivity contribution is 5.85. The number of carboxylic acid groups (broad SMARTS) is 1. The van der Waals surface area contributed by atoms with Crippen LogP contribution in [-0.2, 0) is 9.53 Å². The van der Waals surface area contributed by atoms with E-state index in [-0.39, 0.29) is 5.56 Å². The van der Waals surface area contributed by atoms with Gasteiger partial charge in [0, 0.05) is 12.3 Å². The van der Waals surface area contributed by atoms with Gasteiger partial charge in [0.15, 0.2) is 6.23 Å². The summed E-state index contributed by atoms with van der Waals surface area (Å²) in [7, 11) is 0. The minimum Gasteiger partial charge on any atom is -0.478 e. The summed E-state index contributed by atoms with van der Waals surface area (Å²) < 4.78 is 5.98. The van der Waals surface area contributed by atoms with E-state index in [1.54, 1.807) is 0 Å². The number of ether oxygens (including phenoxy) is 1. The lowest BCUT2D eigenvalue weighted by Crippen LogP contribution is -2.38. The Morgan fingerprint density at radius 3 is 2.59 bits per heavy atom. The molecule has 5 N–H and O–H groups in total. The number of H-pyrrole nitrogens is 1. The van der Waals surface area contributed by atoms with Gasteiger partial charge in [-0.1, -0.05) is 0 Å². The minimum absolute atomic E-state index is 0.153. The normalized spacial score (nSPS) is 28.3. The first-order valence-corrected chi connectivity index (χ1v) is 6.24. The van der Waals surface area contributed by atoms with Gasteiger partial charge in [0.25, 0.3) is 5.56 Å². The van der Waals surface area contributed by atoms with Crippen LogP contribution in [0.4, 0.5) is 0 Å². The lowest BCUT2D eigenvalue weighted by Gasteiger charge is -2.17. The molecule has 10 heteroatoms. The summed E-state index contributed by atoms with van der Waals surface area (Å²) in [6, 6.07) is 0. The second-order valence-corrected chi connectivity index (χ2v) is 4.65. The molecule has 1 unspecified atom stereocenters. The molecule has 0 spiro atoms. The van der Waals surface area contributed by atoms with Crippen LogP contribution in [0.15, 0.2) is 21.9 Å². The van der Waals surface area contributed by atoms with Crippen LogP contribution in [0.5, 0.6) is 0 Å². The molecule has 1 aliphatic rings. The number of aliphatic carboxylic acids is 1. The lowest BCUT2D eigenvalue weighted by atomic mass is 10.1. The Labute approximate surface area is 122 Å². The summed E-state index contributed by atoms with van der Waals surface area (Å²) >= 11 is 0. The highest BCUT2D eigenvalue weighted by atomic mass is 16.6. The van der Waals surface area contributed by atoms with Gasteiger partial charge in [-0.2, -0.15) is 0 Å². The fraction of sp³-hybridized carbons (Fsp3) is 0.417. The van der Waals surface area contributed by atoms with Crippen molar-refractivity contribution in [2.45, 2.75) is 24.5 Å². The second-order valence-electron chi connectivity index (χ2n) is 4.65. The molecule has 0 amide bonds. The Kier molecular flexibility index (Phi) is 4.56. The molecule has 1 aromatic heterocycles. The number of aliphatic hydroxyl groups excluding tert-OH is 3. The number of rotatable bonds is 4. The van der Waals surface area contributed by atoms with Gasteiger partial charge in [0.05, 0.1) is 12.2 Å². The number of aromatic amines is 1. The number of aliphatic hydroxyl groups is 3. The van der Waals surface area contributed by atoms with Gasteiger partial charge in [0.2, 0.25) is 0 Å². The smallest absolute Gasteiger partial charge is 0.330 e. The molecule has 1 saturated heterocycles. The predicted molar refractivity (Wildman–Crippen MR) is 71.0 cm³/mol. The Balaban J connectivity index is 2.44. The fourth-order valence-corrected chi connectivity index (χ4v) is 2.08. The second kappa shape index (κ2) is 6.23. The molecule has 0 aromatic carbocycles. The SMILES string of the molecule is O=C(O)C=Cc1cn([C@@H]2O[C@H](CO)C(O)[C@@H]2O)c(=O)[nH]c1=O. The maximum Gasteiger partial charge on any atom is 0.330 e. The monoisotopic (exact) mass is 314 g/mol. The molecule has 0 bridgehead atoms. The molecular formula is C12H14N2O8. The van der Waals surface area contributed by atoms with Crippen LogP contribution < -0.4 is 11.2 Å². The van der Waals surface area contributed by atoms with Crippen molar-refractivity contribution < 1.29 is 30.0 Å². The Hall–Kier alpha value is -2.27. The first kappa shape index (κ1) is 16.1. The van der Waals surface area contributed by atoms with Crippen LogP contribution in [0.2, 0.25) is 0 Å². The summed E-state index contributed by atoms with van der Waals surface area (Å²) in [4.78, 5) is 35.8. The topological polar surface area (TPSA) is 162 Å². The Morgan fingerprint density at radius 2 is 2.05 bits per heavy atom. The van der Waals surface area contributed by atoms with Crippen molar-refractivity contribution in [3.63, 3.8) is 0 Å². The lowest BCUT2D eigenvalue weighted by molar-refractivity contribution is -0.131. The van der Waals surface area contributed by atoms with E-state index in [0.717, 1.165) is 16.8 Å². The van der Waals surface area contributed by atoms with Crippen LogP contribution in [-0.4, -0.2) is 60.9 Å². The van der Waals surface area contributed by atoms with E-state index in [9.17, 15) is 24.6 Å². The Bertz CT molecular complexity index is 706. The molecule has 1 fully saturated rings. The van der Waals surface area contributed by atoms with Crippen molar-refractivity contribution >= 4 is 12.0 Å². The van der Waals surface area contributed by atoms with Crippen molar-refractivity contribution in [1.82, 2.24) is 9.55 Å². The molecule has 0 saturated carbocycles. The van der Waals surface area contributed by atoms with Gasteiger partial charge < -0.3 is 25.2 Å². The Morgan fingerprint density at radius 1 is 1.36 bits per heavy atom. The molecule has 4 atom stereocenters. The van der Waals surface area contributed by atoms with E-state index in [1.165, 1.54) is 0 Å². The molecule has 10 nitrogen and oxygen atoms in total. The maximum atomic E-state index is 11.8. The van der Waals surface area contributed by atoms with E-state index in [4.69, 9.17) is 14.9 Å². The molecule has 120 valence electrons. The van der Waals surface area contributed by atoms with Crippen LogP contribution in [0.25, 0.3) is 6.08 Å². The zero-order valence-corrected chi connectivity index (χ0v) is 11.1. The van der Waals surface area contributed by atoms with E-state index < -0.39 is 48.4 Å². The number of hydrogen-bond donors (Lipinski definition) is 5. The summed E-state index contributed by atoms with van der Waals surface area (Å²) in [6.45, 7) is -0.571. The predicted octanol–water partition coefficient (Wildman–Crippen LogP) is -2.75. The third-order valence-corrected chi connectivity index (χ3v) is 3.19.